The van der Waals surface area contributed by atoms with Gasteiger partial charge >= 0.3 is 6.09 Å². The normalized spacial score (nSPS) is 14.5. The summed E-state index contributed by atoms with van der Waals surface area (Å²) in [7, 11) is 0. The van der Waals surface area contributed by atoms with Crippen LogP contribution in [0.2, 0.25) is 0 Å². The first-order valence-corrected chi connectivity index (χ1v) is 14.4. The lowest BCUT2D eigenvalue weighted by Crippen LogP contribution is -2.57. The topological polar surface area (TPSA) is 87.7 Å². The molecule has 0 aliphatic heterocycles. The van der Waals surface area contributed by atoms with Crippen molar-refractivity contribution in [2.75, 3.05) is 0 Å². The fraction of sp³-hybridized carbons (Fsp3) is 0.719. The third kappa shape index (κ3) is 12.0. The summed E-state index contributed by atoms with van der Waals surface area (Å²) >= 11 is 0. The van der Waals surface area contributed by atoms with E-state index in [1.807, 2.05) is 73.6 Å². The van der Waals surface area contributed by atoms with E-state index in [0.29, 0.717) is 12.3 Å². The van der Waals surface area contributed by atoms with Crippen molar-refractivity contribution in [1.29, 1.82) is 0 Å². The minimum atomic E-state index is -0.852. The molecule has 7 heteroatoms. The fourth-order valence-corrected chi connectivity index (χ4v) is 4.62. The molecule has 0 heterocycles. The van der Waals surface area contributed by atoms with Crippen molar-refractivity contribution in [2.45, 2.75) is 139 Å². The van der Waals surface area contributed by atoms with Crippen molar-refractivity contribution in [1.82, 2.24) is 15.5 Å². The highest BCUT2D eigenvalue weighted by Crippen LogP contribution is 2.31. The highest BCUT2D eigenvalue weighted by molar-refractivity contribution is 5.92. The van der Waals surface area contributed by atoms with Crippen LogP contribution in [0.4, 0.5) is 4.79 Å². The Kier molecular flexibility index (Phi) is 12.5. The molecule has 0 radical (unpaired) electrons. The van der Waals surface area contributed by atoms with Crippen molar-refractivity contribution in [3.05, 3.63) is 34.9 Å². The quantitative estimate of drug-likeness (QED) is 0.318. The van der Waals surface area contributed by atoms with E-state index >= 15 is 0 Å². The molecular formula is C32H55N3O4. The average Bonchev–Trinajstić information content (AvgIpc) is 2.72. The number of hydrogen-bond acceptors (Lipinski definition) is 4. The second-order valence-electron chi connectivity index (χ2n) is 13.9. The zero-order valence-electron chi connectivity index (χ0n) is 26.8. The second-order valence-corrected chi connectivity index (χ2v) is 13.9. The standard InChI is InChI=1S/C32H55N3O4/c1-20(2)14-16-24(7)35(29(37)26(18-21(3)4)33-30(38)39-32(11,12)13)27(28(36)34-31(8,9)10)25-17-15-22(5)19-23(25)6/h15,17,19-21,24,26-27H,14,16,18H2,1-13H3,(H,33,38)(H,34,36). The first-order valence-electron chi connectivity index (χ1n) is 14.4. The van der Waals surface area contributed by atoms with E-state index in [9.17, 15) is 14.4 Å². The number of benzene rings is 1. The van der Waals surface area contributed by atoms with E-state index < -0.39 is 29.3 Å². The van der Waals surface area contributed by atoms with Crippen molar-refractivity contribution in [3.8, 4) is 0 Å². The van der Waals surface area contributed by atoms with Crippen LogP contribution in [0.1, 0.15) is 118 Å². The summed E-state index contributed by atoms with van der Waals surface area (Å²) in [6, 6.07) is 4.04. The highest BCUT2D eigenvalue weighted by Gasteiger charge is 2.40. The smallest absolute Gasteiger partial charge is 0.408 e. The Morgan fingerprint density at radius 2 is 1.49 bits per heavy atom. The van der Waals surface area contributed by atoms with Gasteiger partial charge in [0, 0.05) is 11.6 Å². The molecule has 222 valence electrons. The van der Waals surface area contributed by atoms with E-state index in [-0.39, 0.29) is 23.8 Å². The van der Waals surface area contributed by atoms with Gasteiger partial charge in [0.1, 0.15) is 17.7 Å². The molecule has 0 aliphatic rings. The number of ether oxygens (including phenoxy) is 1. The summed E-state index contributed by atoms with van der Waals surface area (Å²) in [5, 5.41) is 5.96. The monoisotopic (exact) mass is 545 g/mol. The number of carbonyl (C=O) groups excluding carboxylic acids is 3. The Hall–Kier alpha value is -2.57. The molecule has 0 aromatic heterocycles. The summed E-state index contributed by atoms with van der Waals surface area (Å²) in [6.45, 7) is 25.5. The largest absolute Gasteiger partial charge is 0.444 e. The summed E-state index contributed by atoms with van der Waals surface area (Å²) in [5.41, 5.74) is 1.62. The van der Waals surface area contributed by atoms with Crippen LogP contribution in [0.3, 0.4) is 0 Å². The Bertz CT molecular complexity index is 973. The van der Waals surface area contributed by atoms with Gasteiger partial charge in [-0.25, -0.2) is 4.79 Å². The van der Waals surface area contributed by atoms with Gasteiger partial charge in [0.05, 0.1) is 0 Å². The Balaban J connectivity index is 3.73. The lowest BCUT2D eigenvalue weighted by Gasteiger charge is -2.40. The zero-order chi connectivity index (χ0) is 30.3. The number of aryl methyl sites for hydroxylation is 2. The van der Waals surface area contributed by atoms with Crippen molar-refractivity contribution < 1.29 is 19.1 Å². The molecule has 0 bridgehead atoms. The van der Waals surface area contributed by atoms with Crippen LogP contribution in [0.25, 0.3) is 0 Å². The van der Waals surface area contributed by atoms with Crippen LogP contribution in [0, 0.1) is 25.7 Å². The molecule has 0 spiro atoms. The molecule has 1 aromatic carbocycles. The van der Waals surface area contributed by atoms with Gasteiger partial charge in [-0.2, -0.15) is 0 Å². The van der Waals surface area contributed by atoms with Gasteiger partial charge in [-0.15, -0.1) is 0 Å². The SMILES string of the molecule is Cc1ccc(C(C(=O)NC(C)(C)C)N(C(=O)C(CC(C)C)NC(=O)OC(C)(C)C)C(C)CCC(C)C)c(C)c1. The van der Waals surface area contributed by atoms with Crippen LogP contribution in [-0.2, 0) is 14.3 Å². The van der Waals surface area contributed by atoms with Gasteiger partial charge in [-0.1, -0.05) is 51.5 Å². The molecular weight excluding hydrogens is 490 g/mol. The first kappa shape index (κ1) is 34.5. The van der Waals surface area contributed by atoms with Crippen molar-refractivity contribution in [3.63, 3.8) is 0 Å². The molecule has 3 unspecified atom stereocenters. The van der Waals surface area contributed by atoms with Gasteiger partial charge < -0.3 is 20.3 Å². The number of amides is 3. The maximum absolute atomic E-state index is 14.5. The van der Waals surface area contributed by atoms with Gasteiger partial charge in [0.25, 0.3) is 0 Å². The molecule has 1 aromatic rings. The molecule has 0 fully saturated rings. The van der Waals surface area contributed by atoms with Crippen LogP contribution >= 0.6 is 0 Å². The third-order valence-electron chi connectivity index (χ3n) is 6.33. The van der Waals surface area contributed by atoms with E-state index in [4.69, 9.17) is 4.74 Å². The van der Waals surface area contributed by atoms with Crippen LogP contribution < -0.4 is 10.6 Å². The number of alkyl carbamates (subject to hydrolysis) is 1. The Labute approximate surface area is 237 Å². The summed E-state index contributed by atoms with van der Waals surface area (Å²) in [4.78, 5) is 43.1. The lowest BCUT2D eigenvalue weighted by molar-refractivity contribution is -0.146. The van der Waals surface area contributed by atoms with Crippen molar-refractivity contribution >= 4 is 17.9 Å². The number of hydrogen-bond donors (Lipinski definition) is 2. The minimum Gasteiger partial charge on any atom is -0.444 e. The maximum atomic E-state index is 14.5. The van der Waals surface area contributed by atoms with E-state index in [0.717, 1.165) is 29.5 Å². The molecule has 0 saturated heterocycles. The molecule has 3 amide bonds. The average molecular weight is 546 g/mol. The van der Waals surface area contributed by atoms with Gasteiger partial charge in [0.2, 0.25) is 11.8 Å². The molecule has 3 atom stereocenters. The van der Waals surface area contributed by atoms with E-state index in [1.165, 1.54) is 0 Å². The van der Waals surface area contributed by atoms with Gasteiger partial charge in [0.15, 0.2) is 0 Å². The van der Waals surface area contributed by atoms with Crippen LogP contribution in [0.5, 0.6) is 0 Å². The van der Waals surface area contributed by atoms with E-state index in [2.05, 4.69) is 24.5 Å². The molecule has 7 nitrogen and oxygen atoms in total. The maximum Gasteiger partial charge on any atom is 0.408 e. The molecule has 39 heavy (non-hydrogen) atoms. The van der Waals surface area contributed by atoms with Gasteiger partial charge in [-0.05, 0) is 105 Å². The summed E-state index contributed by atoms with van der Waals surface area (Å²) in [6.07, 6.45) is 1.42. The minimum absolute atomic E-state index is 0.129. The number of rotatable bonds is 11. The van der Waals surface area contributed by atoms with Crippen LogP contribution in [-0.4, -0.2) is 46.0 Å². The predicted octanol–water partition coefficient (Wildman–Crippen LogP) is 6.85. The summed E-state index contributed by atoms with van der Waals surface area (Å²) < 4.78 is 5.51. The van der Waals surface area contributed by atoms with Crippen LogP contribution in [0.15, 0.2) is 18.2 Å². The molecule has 2 N–H and O–H groups in total. The Morgan fingerprint density at radius 1 is 0.897 bits per heavy atom. The molecule has 0 saturated carbocycles. The van der Waals surface area contributed by atoms with E-state index in [1.54, 1.807) is 25.7 Å². The van der Waals surface area contributed by atoms with Crippen molar-refractivity contribution in [2.24, 2.45) is 11.8 Å². The highest BCUT2D eigenvalue weighted by atomic mass is 16.6. The number of nitrogens with one attached hydrogen (secondary N) is 2. The van der Waals surface area contributed by atoms with Gasteiger partial charge in [-0.3, -0.25) is 9.59 Å². The number of nitrogens with zero attached hydrogens (tertiary/aromatic N) is 1. The summed E-state index contributed by atoms with van der Waals surface area (Å²) in [5.74, 6) is 0.0583. The Morgan fingerprint density at radius 3 is 1.95 bits per heavy atom. The first-order chi connectivity index (χ1) is 17.7. The number of carbonyl (C=O) groups is 3. The predicted molar refractivity (Wildman–Crippen MR) is 160 cm³/mol. The lowest BCUT2D eigenvalue weighted by atomic mass is 9.92. The molecule has 1 rings (SSSR count). The third-order valence-corrected chi connectivity index (χ3v) is 6.33. The fourth-order valence-electron chi connectivity index (χ4n) is 4.62. The molecule has 0 aliphatic carbocycles. The second kappa shape index (κ2) is 14.2. The zero-order valence-corrected chi connectivity index (χ0v) is 26.8.